The van der Waals surface area contributed by atoms with Gasteiger partial charge in [0.05, 0.1) is 0 Å². The summed E-state index contributed by atoms with van der Waals surface area (Å²) < 4.78 is 0. The number of carbonyl (C=O) groups is 1. The van der Waals surface area contributed by atoms with Crippen LogP contribution in [-0.2, 0) is 0 Å². The Labute approximate surface area is 79.8 Å². The first-order chi connectivity index (χ1) is 2.73. The zero-order valence-corrected chi connectivity index (χ0v) is 11.7. The number of carboxylic acid groups (broad SMARTS) is 2. The van der Waals surface area contributed by atoms with Crippen LogP contribution in [0.3, 0.4) is 0 Å². The molecule has 0 bridgehead atoms. The SMILES string of the molecule is O=C([O-])[O-].[Pb+2].[S]=[Pb]. The summed E-state index contributed by atoms with van der Waals surface area (Å²) in [5.74, 6) is 0. The summed E-state index contributed by atoms with van der Waals surface area (Å²) in [6.45, 7) is 0. The summed E-state index contributed by atoms with van der Waals surface area (Å²) in [6, 6.07) is 0. The minimum atomic E-state index is -2.33. The summed E-state index contributed by atoms with van der Waals surface area (Å²) in [6.07, 6.45) is -2.33. The van der Waals surface area contributed by atoms with E-state index in [2.05, 4.69) is 8.65 Å². The van der Waals surface area contributed by atoms with E-state index in [9.17, 15) is 0 Å². The van der Waals surface area contributed by atoms with Crippen LogP contribution in [0.25, 0.3) is 0 Å². The second-order valence-corrected chi connectivity index (χ2v) is 0.250. The van der Waals surface area contributed by atoms with Crippen LogP contribution in [-0.4, -0.2) is 57.1 Å². The fraction of sp³-hybridized carbons (Fsp3) is 0. The molecule has 0 saturated carbocycles. The van der Waals surface area contributed by atoms with Gasteiger partial charge in [-0.15, -0.1) is 0 Å². The molecule has 0 heterocycles. The van der Waals surface area contributed by atoms with Crippen molar-refractivity contribution in [2.75, 3.05) is 0 Å². The molecule has 0 N–H and O–H groups in total. The van der Waals surface area contributed by atoms with E-state index in [-0.39, 0.29) is 27.3 Å². The molecule has 0 aromatic rings. The van der Waals surface area contributed by atoms with E-state index in [1.807, 2.05) is 0 Å². The van der Waals surface area contributed by atoms with Gasteiger partial charge in [0.25, 0.3) is 0 Å². The molecular weight excluding hydrogens is 506 g/mol. The summed E-state index contributed by atoms with van der Waals surface area (Å²) in [7, 11) is 4.22. The molecule has 0 rings (SSSR count). The van der Waals surface area contributed by atoms with Crippen LogP contribution < -0.4 is 10.2 Å². The van der Waals surface area contributed by atoms with Gasteiger partial charge in [0.15, 0.2) is 0 Å². The van der Waals surface area contributed by atoms with E-state index in [4.69, 9.17) is 15.0 Å². The Bertz CT molecular complexity index is 44.2. The third kappa shape index (κ3) is 117. The summed E-state index contributed by atoms with van der Waals surface area (Å²) in [4.78, 5) is 8.33. The molecular formula is CO3Pb2S. The number of rotatable bonds is 0. The first-order valence-electron chi connectivity index (χ1n) is 0.816. The van der Waals surface area contributed by atoms with Gasteiger partial charge < -0.3 is 15.0 Å². The van der Waals surface area contributed by atoms with Gasteiger partial charge in [-0.3, -0.25) is 0 Å². The van der Waals surface area contributed by atoms with Crippen molar-refractivity contribution >= 4 is 65.8 Å². The van der Waals surface area contributed by atoms with E-state index in [1.165, 1.54) is 0 Å². The molecule has 0 amide bonds. The van der Waals surface area contributed by atoms with Gasteiger partial charge in [0.2, 0.25) is 0 Å². The first-order valence-corrected chi connectivity index (χ1v) is 5.99. The molecule has 0 atom stereocenters. The molecule has 36 valence electrons. The second kappa shape index (κ2) is 15.7. The van der Waals surface area contributed by atoms with Gasteiger partial charge in [-0.2, -0.15) is 0 Å². The van der Waals surface area contributed by atoms with Crippen LogP contribution in [0, 0.1) is 0 Å². The summed E-state index contributed by atoms with van der Waals surface area (Å²) in [5, 5.41) is 16.7. The predicted octanol–water partition coefficient (Wildman–Crippen LogP) is -2.56. The van der Waals surface area contributed by atoms with Crippen LogP contribution in [0.15, 0.2) is 0 Å². The van der Waals surface area contributed by atoms with Gasteiger partial charge in [-0.05, 0) is 6.16 Å². The van der Waals surface area contributed by atoms with Gasteiger partial charge >= 0.3 is 59.6 Å². The van der Waals surface area contributed by atoms with Crippen LogP contribution >= 0.6 is 8.65 Å². The second-order valence-electron chi connectivity index (χ2n) is 0.250. The molecule has 3 nitrogen and oxygen atoms in total. The van der Waals surface area contributed by atoms with Crippen LogP contribution in [0.5, 0.6) is 0 Å². The van der Waals surface area contributed by atoms with Crippen molar-refractivity contribution in [3.05, 3.63) is 0 Å². The maximum atomic E-state index is 8.33. The molecule has 0 aliphatic rings. The van der Waals surface area contributed by atoms with Crippen molar-refractivity contribution in [3.8, 4) is 0 Å². The van der Waals surface area contributed by atoms with Crippen molar-refractivity contribution in [3.63, 3.8) is 0 Å². The molecule has 6 heteroatoms. The van der Waals surface area contributed by atoms with E-state index >= 15 is 0 Å². The number of hydrogen-bond donors (Lipinski definition) is 0. The first kappa shape index (κ1) is 15.8. The van der Waals surface area contributed by atoms with Crippen molar-refractivity contribution < 1.29 is 15.0 Å². The minimum absolute atomic E-state index is 0. The molecule has 4 radical (unpaired) electrons. The Hall–Kier alpha value is 1.33. The molecule has 0 aliphatic carbocycles. The van der Waals surface area contributed by atoms with Gasteiger partial charge in [-0.25, -0.2) is 0 Å². The van der Waals surface area contributed by atoms with E-state index < -0.39 is 6.16 Å². The fourth-order valence-corrected chi connectivity index (χ4v) is 0. The van der Waals surface area contributed by atoms with E-state index in [0.717, 1.165) is 23.7 Å². The molecule has 0 aliphatic heterocycles. The Kier molecular flexibility index (Phi) is 35.3. The Balaban J connectivity index is -0.0000000480. The molecule has 0 spiro atoms. The maximum absolute atomic E-state index is 8.33. The normalized spacial score (nSPS) is 4.00. The van der Waals surface area contributed by atoms with Crippen LogP contribution in [0.4, 0.5) is 4.79 Å². The van der Waals surface area contributed by atoms with E-state index in [1.54, 1.807) is 0 Å². The zero-order chi connectivity index (χ0) is 5.58. The van der Waals surface area contributed by atoms with Gasteiger partial charge in [0.1, 0.15) is 0 Å². The van der Waals surface area contributed by atoms with Crippen molar-refractivity contribution in [2.45, 2.75) is 0 Å². The van der Waals surface area contributed by atoms with Crippen molar-refractivity contribution in [1.82, 2.24) is 0 Å². The molecule has 0 aromatic heterocycles. The zero-order valence-electron chi connectivity index (χ0n) is 3.13. The average Bonchev–Trinajstić information content (AvgIpc) is 1.41. The standard InChI is InChI=1S/CH2O3.2Pb.S/c2-1(3)4;;;/h(H2,2,3,4);;;/q;;+2;/p-2. The van der Waals surface area contributed by atoms with Crippen LogP contribution in [0.1, 0.15) is 0 Å². The van der Waals surface area contributed by atoms with Crippen molar-refractivity contribution in [1.29, 1.82) is 0 Å². The van der Waals surface area contributed by atoms with Crippen molar-refractivity contribution in [2.24, 2.45) is 0 Å². The Morgan fingerprint density at radius 1 is 1.43 bits per heavy atom. The predicted molar refractivity (Wildman–Crippen MR) is 24.5 cm³/mol. The summed E-state index contributed by atoms with van der Waals surface area (Å²) in [5.41, 5.74) is 0. The molecule has 0 fully saturated rings. The average molecular weight is 506 g/mol. The Morgan fingerprint density at radius 2 is 1.43 bits per heavy atom. The monoisotopic (exact) mass is 508 g/mol. The molecule has 0 saturated heterocycles. The molecule has 0 unspecified atom stereocenters. The fourth-order valence-electron chi connectivity index (χ4n) is 0. The van der Waals surface area contributed by atoms with Gasteiger partial charge in [-0.1, -0.05) is 0 Å². The van der Waals surface area contributed by atoms with Crippen LogP contribution in [0.2, 0.25) is 0 Å². The molecule has 7 heavy (non-hydrogen) atoms. The summed E-state index contributed by atoms with van der Waals surface area (Å²) >= 11 is 0.889. The third-order valence-electron chi connectivity index (χ3n) is 0. The number of hydrogen-bond acceptors (Lipinski definition) is 4. The third-order valence-corrected chi connectivity index (χ3v) is 0. The topological polar surface area (TPSA) is 63.2 Å². The van der Waals surface area contributed by atoms with E-state index in [0.29, 0.717) is 0 Å². The molecule has 0 aromatic carbocycles. The number of carbonyl (C=O) groups excluding carboxylic acids is 1. The Morgan fingerprint density at radius 3 is 1.43 bits per heavy atom. The van der Waals surface area contributed by atoms with Gasteiger partial charge in [0, 0.05) is 0 Å². The quantitative estimate of drug-likeness (QED) is 0.340.